The first-order chi connectivity index (χ1) is 20.1. The number of benzene rings is 1. The van der Waals surface area contributed by atoms with Crippen LogP contribution in [-0.4, -0.2) is 47.5 Å². The highest BCUT2D eigenvalue weighted by molar-refractivity contribution is 5.91. The summed E-state index contributed by atoms with van der Waals surface area (Å²) in [5.74, 6) is 0.225. The lowest BCUT2D eigenvalue weighted by atomic mass is 9.47. The van der Waals surface area contributed by atoms with Gasteiger partial charge in [0.1, 0.15) is 12.2 Å². The summed E-state index contributed by atoms with van der Waals surface area (Å²) >= 11 is 0. The van der Waals surface area contributed by atoms with Crippen molar-refractivity contribution >= 4 is 23.6 Å². The third-order valence-corrected chi connectivity index (χ3v) is 11.0. The minimum Gasteiger partial charge on any atom is -0.464 e. The van der Waals surface area contributed by atoms with Gasteiger partial charge in [-0.25, -0.2) is 4.79 Å². The van der Waals surface area contributed by atoms with Gasteiger partial charge in [-0.1, -0.05) is 49.8 Å². The fraction of sp³-hybridized carbons (Fsp3) is 0.647. The SMILES string of the molecule is CCOC(=O)[C@H](NC(=O)CCC(=O)O[C@@H]1CC[C@H]2[C@@H]3CCC4=CC(=O)CC[C@]4(C)[C@H]3CC[C@]12C)[C@@H](O)c1ccccc1. The number of rotatable bonds is 9. The van der Waals surface area contributed by atoms with Crippen molar-refractivity contribution in [2.45, 2.75) is 103 Å². The maximum atomic E-state index is 13.0. The Balaban J connectivity index is 1.17. The van der Waals surface area contributed by atoms with Crippen LogP contribution in [0, 0.1) is 28.6 Å². The number of carbonyl (C=O) groups excluding carboxylic acids is 4. The number of amides is 1. The number of allylic oxidation sites excluding steroid dienone is 1. The Hall–Kier alpha value is -3.00. The molecule has 0 heterocycles. The zero-order chi connectivity index (χ0) is 30.1. The molecule has 228 valence electrons. The second kappa shape index (κ2) is 12.3. The zero-order valence-corrected chi connectivity index (χ0v) is 25.1. The quantitative estimate of drug-likeness (QED) is 0.396. The number of nitrogens with one attached hydrogen (secondary N) is 1. The molecule has 8 heteroatoms. The molecule has 1 aromatic carbocycles. The summed E-state index contributed by atoms with van der Waals surface area (Å²) in [6.45, 7) is 6.41. The zero-order valence-electron chi connectivity index (χ0n) is 25.1. The molecule has 8 atom stereocenters. The molecule has 4 aliphatic rings. The molecule has 0 aliphatic heterocycles. The van der Waals surface area contributed by atoms with Crippen molar-refractivity contribution in [2.24, 2.45) is 28.6 Å². The van der Waals surface area contributed by atoms with Crippen LogP contribution in [0.15, 0.2) is 42.0 Å². The van der Waals surface area contributed by atoms with E-state index in [0.717, 1.165) is 44.9 Å². The molecule has 0 radical (unpaired) electrons. The normalized spacial score (nSPS) is 33.2. The molecule has 1 aromatic rings. The van der Waals surface area contributed by atoms with Gasteiger partial charge in [-0.2, -0.15) is 0 Å². The van der Waals surface area contributed by atoms with Crippen molar-refractivity contribution in [3.8, 4) is 0 Å². The highest BCUT2D eigenvalue weighted by Crippen LogP contribution is 2.65. The smallest absolute Gasteiger partial charge is 0.331 e. The van der Waals surface area contributed by atoms with Crippen LogP contribution >= 0.6 is 0 Å². The van der Waals surface area contributed by atoms with Crippen LogP contribution in [0.25, 0.3) is 0 Å². The summed E-state index contributed by atoms with van der Waals surface area (Å²) < 4.78 is 11.1. The van der Waals surface area contributed by atoms with E-state index >= 15 is 0 Å². The molecule has 5 rings (SSSR count). The summed E-state index contributed by atoms with van der Waals surface area (Å²) in [6, 6.07) is 7.32. The molecule has 3 saturated carbocycles. The Morgan fingerprint density at radius 1 is 1.00 bits per heavy atom. The van der Waals surface area contributed by atoms with Gasteiger partial charge in [0, 0.05) is 18.3 Å². The number of fused-ring (bicyclic) bond motifs is 5. The van der Waals surface area contributed by atoms with E-state index in [1.54, 1.807) is 37.3 Å². The van der Waals surface area contributed by atoms with E-state index in [0.29, 0.717) is 29.7 Å². The number of carbonyl (C=O) groups is 4. The Morgan fingerprint density at radius 2 is 1.76 bits per heavy atom. The number of aliphatic hydroxyl groups excluding tert-OH is 1. The summed E-state index contributed by atoms with van der Waals surface area (Å²) in [4.78, 5) is 50.4. The van der Waals surface area contributed by atoms with Crippen molar-refractivity contribution in [1.29, 1.82) is 0 Å². The van der Waals surface area contributed by atoms with Crippen LogP contribution < -0.4 is 5.32 Å². The minimum atomic E-state index is -1.28. The summed E-state index contributed by atoms with van der Waals surface area (Å²) in [7, 11) is 0. The van der Waals surface area contributed by atoms with E-state index in [1.807, 2.05) is 6.08 Å². The maximum Gasteiger partial charge on any atom is 0.331 e. The van der Waals surface area contributed by atoms with Gasteiger partial charge in [0.25, 0.3) is 0 Å². The molecule has 1 amide bonds. The molecule has 42 heavy (non-hydrogen) atoms. The number of aliphatic hydroxyl groups is 1. The van der Waals surface area contributed by atoms with E-state index in [4.69, 9.17) is 9.47 Å². The van der Waals surface area contributed by atoms with E-state index in [2.05, 4.69) is 19.2 Å². The number of ether oxygens (including phenoxy) is 2. The lowest BCUT2D eigenvalue weighted by Gasteiger charge is -2.57. The van der Waals surface area contributed by atoms with Crippen LogP contribution in [0.5, 0.6) is 0 Å². The van der Waals surface area contributed by atoms with Crippen molar-refractivity contribution < 1.29 is 33.8 Å². The predicted molar refractivity (Wildman–Crippen MR) is 156 cm³/mol. The molecule has 4 aliphatic carbocycles. The Labute approximate surface area is 248 Å². The van der Waals surface area contributed by atoms with Crippen LogP contribution in [0.3, 0.4) is 0 Å². The molecular formula is C34H45NO7. The van der Waals surface area contributed by atoms with Gasteiger partial charge in [-0.15, -0.1) is 0 Å². The third-order valence-electron chi connectivity index (χ3n) is 11.0. The highest BCUT2D eigenvalue weighted by Gasteiger charge is 2.60. The van der Waals surface area contributed by atoms with E-state index in [9.17, 15) is 24.3 Å². The van der Waals surface area contributed by atoms with Crippen LogP contribution in [-0.2, 0) is 28.7 Å². The number of ketones is 1. The first kappa shape index (κ1) is 30.5. The monoisotopic (exact) mass is 579 g/mol. The number of hydrogen-bond acceptors (Lipinski definition) is 7. The molecule has 3 fully saturated rings. The van der Waals surface area contributed by atoms with Crippen molar-refractivity contribution in [3.05, 3.63) is 47.5 Å². The van der Waals surface area contributed by atoms with Gasteiger partial charge in [0.05, 0.1) is 13.0 Å². The lowest BCUT2D eigenvalue weighted by Crippen LogP contribution is -2.51. The van der Waals surface area contributed by atoms with Gasteiger partial charge >= 0.3 is 11.9 Å². The van der Waals surface area contributed by atoms with Gasteiger partial charge in [-0.3, -0.25) is 14.4 Å². The number of hydrogen-bond donors (Lipinski definition) is 2. The summed E-state index contributed by atoms with van der Waals surface area (Å²) in [5, 5.41) is 13.3. The fourth-order valence-electron chi connectivity index (χ4n) is 8.73. The van der Waals surface area contributed by atoms with Crippen LogP contribution in [0.1, 0.15) is 96.6 Å². The van der Waals surface area contributed by atoms with Gasteiger partial charge in [0.15, 0.2) is 11.8 Å². The largest absolute Gasteiger partial charge is 0.464 e. The topological polar surface area (TPSA) is 119 Å². The summed E-state index contributed by atoms with van der Waals surface area (Å²) in [6.07, 6.45) is 7.81. The van der Waals surface area contributed by atoms with E-state index < -0.39 is 30.0 Å². The first-order valence-corrected chi connectivity index (χ1v) is 15.7. The average Bonchev–Trinajstić information content (AvgIpc) is 3.31. The highest BCUT2D eigenvalue weighted by atomic mass is 16.5. The maximum absolute atomic E-state index is 13.0. The minimum absolute atomic E-state index is 0.0874. The lowest BCUT2D eigenvalue weighted by molar-refractivity contribution is -0.160. The van der Waals surface area contributed by atoms with Crippen LogP contribution in [0.2, 0.25) is 0 Å². The Bertz CT molecular complexity index is 1230. The Kier molecular flexibility index (Phi) is 8.93. The predicted octanol–water partition coefficient (Wildman–Crippen LogP) is 4.99. The molecule has 0 unspecified atom stereocenters. The van der Waals surface area contributed by atoms with Crippen molar-refractivity contribution in [1.82, 2.24) is 5.32 Å². The molecule has 0 spiro atoms. The molecule has 2 N–H and O–H groups in total. The molecule has 8 nitrogen and oxygen atoms in total. The molecule has 0 bridgehead atoms. The molecular weight excluding hydrogens is 534 g/mol. The Morgan fingerprint density at radius 3 is 2.50 bits per heavy atom. The molecule has 0 aromatic heterocycles. The second-order valence-electron chi connectivity index (χ2n) is 13.2. The summed E-state index contributed by atoms with van der Waals surface area (Å²) in [5.41, 5.74) is 1.85. The fourth-order valence-corrected chi connectivity index (χ4v) is 8.73. The molecule has 0 saturated heterocycles. The van der Waals surface area contributed by atoms with Gasteiger partial charge < -0.3 is 19.9 Å². The van der Waals surface area contributed by atoms with Crippen LogP contribution in [0.4, 0.5) is 0 Å². The van der Waals surface area contributed by atoms with Gasteiger partial charge in [-0.05, 0) is 86.7 Å². The third kappa shape index (κ3) is 5.79. The van der Waals surface area contributed by atoms with Crippen molar-refractivity contribution in [2.75, 3.05) is 6.61 Å². The van der Waals surface area contributed by atoms with E-state index in [1.165, 1.54) is 5.57 Å². The standard InChI is InChI=1S/C34H45NO7/c1-4-41-32(40)30(31(39)21-8-6-5-7-9-21)35-28(37)14-15-29(38)42-27-13-12-25-24-11-10-22-20-23(36)16-18-33(22,2)26(24)17-19-34(25,27)3/h5-9,20,24-27,30-31,39H,4,10-19H2,1-3H3,(H,35,37)/t24-,25-,26-,27+,30+,31-,33-,34-/m0/s1. The second-order valence-corrected chi connectivity index (χ2v) is 13.2. The first-order valence-electron chi connectivity index (χ1n) is 15.7. The van der Waals surface area contributed by atoms with E-state index in [-0.39, 0.29) is 42.2 Å². The number of esters is 2. The average molecular weight is 580 g/mol. The van der Waals surface area contributed by atoms with Crippen molar-refractivity contribution in [3.63, 3.8) is 0 Å². The van der Waals surface area contributed by atoms with Gasteiger partial charge in [0.2, 0.25) is 5.91 Å².